The molecule has 1 fully saturated rings. The van der Waals surface area contributed by atoms with Crippen LogP contribution in [0.3, 0.4) is 0 Å². The highest BCUT2D eigenvalue weighted by molar-refractivity contribution is 7.19. The number of ether oxygens (including phenoxy) is 1. The fourth-order valence-corrected chi connectivity index (χ4v) is 5.88. The summed E-state index contributed by atoms with van der Waals surface area (Å²) in [6.07, 6.45) is 11.1. The highest BCUT2D eigenvalue weighted by atomic mass is 35.5. The molecule has 2 N–H and O–H groups in total. The zero-order chi connectivity index (χ0) is 25.2. The largest absolute Gasteiger partial charge is 0.461 e. The standard InChI is InChI=1S/C28H33ClO5S/c1-2-17-34-27(33)12-6-4-3-5-9-20-21(24(32)18-23(20)31)15-13-19(30)14-16-26-28(29)22-10-7-8-11-25(22)35-26/h2-3,5,7-8,10-11,13,15,19-21,24,30,32H,1,4,6,9,12,14,16-18H2/t19-,20-,21-,24-/m1/s1. The van der Waals surface area contributed by atoms with Crippen molar-refractivity contribution in [2.24, 2.45) is 11.8 Å². The maximum atomic E-state index is 12.4. The fraction of sp³-hybridized carbons (Fsp3) is 0.429. The number of carbonyl (C=O) groups is 2. The third-order valence-electron chi connectivity index (χ3n) is 6.23. The van der Waals surface area contributed by atoms with E-state index in [2.05, 4.69) is 6.58 Å². The van der Waals surface area contributed by atoms with Gasteiger partial charge in [-0.1, -0.05) is 66.8 Å². The molecule has 0 aliphatic heterocycles. The summed E-state index contributed by atoms with van der Waals surface area (Å²) in [7, 11) is 0. The topological polar surface area (TPSA) is 83.8 Å². The third-order valence-corrected chi connectivity index (χ3v) is 8.00. The molecule has 0 radical (unpaired) electrons. The SMILES string of the molecule is C=CCOC(=O)CCCC=CC[C@H]1C(=O)C[C@@H](O)[C@@H]1C=C[C@@H](O)CCc1sc2ccccc2c1Cl. The minimum Gasteiger partial charge on any atom is -0.461 e. The number of Topliss-reactive ketones (excluding diaryl/α,β-unsaturated/α-hetero) is 1. The first-order valence-corrected chi connectivity index (χ1v) is 13.2. The van der Waals surface area contributed by atoms with E-state index in [9.17, 15) is 19.8 Å². The second-order valence-corrected chi connectivity index (χ2v) is 10.3. The number of aryl methyl sites for hydroxylation is 1. The molecule has 1 saturated carbocycles. The van der Waals surface area contributed by atoms with Gasteiger partial charge in [0.25, 0.3) is 0 Å². The van der Waals surface area contributed by atoms with Crippen LogP contribution in [0.2, 0.25) is 5.02 Å². The van der Waals surface area contributed by atoms with Gasteiger partial charge in [-0.25, -0.2) is 0 Å². The zero-order valence-corrected chi connectivity index (χ0v) is 21.3. The van der Waals surface area contributed by atoms with Crippen molar-refractivity contribution in [2.45, 2.75) is 57.2 Å². The second kappa shape index (κ2) is 13.7. The van der Waals surface area contributed by atoms with Crippen molar-refractivity contribution in [3.8, 4) is 0 Å². The summed E-state index contributed by atoms with van der Waals surface area (Å²) >= 11 is 8.14. The van der Waals surface area contributed by atoms with Crippen LogP contribution in [0.4, 0.5) is 0 Å². The molecule has 0 saturated heterocycles. The highest BCUT2D eigenvalue weighted by Gasteiger charge is 2.39. The van der Waals surface area contributed by atoms with E-state index in [-0.39, 0.29) is 36.6 Å². The summed E-state index contributed by atoms with van der Waals surface area (Å²) in [5.74, 6) is -0.829. The van der Waals surface area contributed by atoms with Crippen LogP contribution < -0.4 is 0 Å². The Bertz CT molecular complexity index is 1070. The minimum absolute atomic E-state index is 0.0383. The van der Waals surface area contributed by atoms with Gasteiger partial charge in [0.05, 0.1) is 17.2 Å². The Kier molecular flexibility index (Phi) is 10.7. The fourth-order valence-electron chi connectivity index (χ4n) is 4.33. The number of hydrogen-bond donors (Lipinski definition) is 2. The van der Waals surface area contributed by atoms with Gasteiger partial charge in [0.1, 0.15) is 12.4 Å². The Morgan fingerprint density at radius 1 is 1.31 bits per heavy atom. The molecule has 5 nitrogen and oxygen atoms in total. The molecule has 1 aromatic carbocycles. The van der Waals surface area contributed by atoms with Crippen molar-refractivity contribution in [1.29, 1.82) is 0 Å². The molecule has 2 aromatic rings. The predicted octanol–water partition coefficient (Wildman–Crippen LogP) is 5.82. The summed E-state index contributed by atoms with van der Waals surface area (Å²) in [4.78, 5) is 24.9. The maximum absolute atomic E-state index is 12.4. The molecule has 3 rings (SSSR count). The lowest BCUT2D eigenvalue weighted by molar-refractivity contribution is -0.142. The average molecular weight is 517 g/mol. The van der Waals surface area contributed by atoms with E-state index < -0.39 is 12.2 Å². The van der Waals surface area contributed by atoms with Gasteiger partial charge < -0.3 is 14.9 Å². The van der Waals surface area contributed by atoms with Gasteiger partial charge in [-0.05, 0) is 38.2 Å². The van der Waals surface area contributed by atoms with Gasteiger partial charge in [0, 0.05) is 39.6 Å². The number of unbranched alkanes of at least 4 members (excludes halogenated alkanes) is 1. The predicted molar refractivity (Wildman–Crippen MR) is 142 cm³/mol. The number of rotatable bonds is 13. The zero-order valence-electron chi connectivity index (χ0n) is 19.8. The van der Waals surface area contributed by atoms with Crippen LogP contribution in [0.1, 0.15) is 43.4 Å². The van der Waals surface area contributed by atoms with Crippen molar-refractivity contribution < 1.29 is 24.5 Å². The molecule has 1 heterocycles. The number of allylic oxidation sites excluding steroid dienone is 2. The molecule has 0 bridgehead atoms. The summed E-state index contributed by atoms with van der Waals surface area (Å²) in [5, 5.41) is 22.7. The van der Waals surface area contributed by atoms with Crippen LogP contribution in [0, 0.1) is 11.8 Å². The number of aliphatic hydroxyl groups excluding tert-OH is 2. The lowest BCUT2D eigenvalue weighted by Gasteiger charge is -2.16. The Morgan fingerprint density at radius 3 is 2.89 bits per heavy atom. The number of fused-ring (bicyclic) bond motifs is 1. The smallest absolute Gasteiger partial charge is 0.306 e. The van der Waals surface area contributed by atoms with Gasteiger partial charge >= 0.3 is 5.97 Å². The van der Waals surface area contributed by atoms with Crippen molar-refractivity contribution >= 4 is 44.8 Å². The van der Waals surface area contributed by atoms with Crippen LogP contribution >= 0.6 is 22.9 Å². The van der Waals surface area contributed by atoms with Crippen molar-refractivity contribution in [2.75, 3.05) is 6.61 Å². The molecule has 0 amide bonds. The Labute approximate surface area is 215 Å². The van der Waals surface area contributed by atoms with E-state index in [1.54, 1.807) is 23.5 Å². The lowest BCUT2D eigenvalue weighted by atomic mass is 9.90. The van der Waals surface area contributed by atoms with Gasteiger partial charge in [-0.15, -0.1) is 11.3 Å². The maximum Gasteiger partial charge on any atom is 0.306 e. The molecular weight excluding hydrogens is 484 g/mol. The molecule has 7 heteroatoms. The number of carbonyl (C=O) groups excluding carboxylic acids is 2. The van der Waals surface area contributed by atoms with Crippen LogP contribution in [0.25, 0.3) is 10.1 Å². The lowest BCUT2D eigenvalue weighted by Crippen LogP contribution is -2.19. The number of benzene rings is 1. The summed E-state index contributed by atoms with van der Waals surface area (Å²) in [6.45, 7) is 3.73. The molecule has 35 heavy (non-hydrogen) atoms. The Balaban J connectivity index is 1.47. The highest BCUT2D eigenvalue weighted by Crippen LogP contribution is 2.36. The van der Waals surface area contributed by atoms with Crippen LogP contribution in [-0.4, -0.2) is 40.8 Å². The van der Waals surface area contributed by atoms with Crippen LogP contribution in [-0.2, 0) is 20.7 Å². The van der Waals surface area contributed by atoms with Crippen LogP contribution in [0.15, 0.2) is 61.2 Å². The number of thiophene rings is 1. The number of aliphatic hydroxyl groups is 2. The normalized spacial score (nSPS) is 21.3. The monoisotopic (exact) mass is 516 g/mol. The molecule has 0 spiro atoms. The molecule has 188 valence electrons. The third kappa shape index (κ3) is 7.87. The molecule has 1 aromatic heterocycles. The number of esters is 1. The minimum atomic E-state index is -0.735. The van der Waals surface area contributed by atoms with Gasteiger partial charge in [0.2, 0.25) is 0 Å². The summed E-state index contributed by atoms with van der Waals surface area (Å²) in [5.41, 5.74) is 0. The van der Waals surface area contributed by atoms with E-state index in [0.29, 0.717) is 38.5 Å². The van der Waals surface area contributed by atoms with Gasteiger partial charge in [-0.2, -0.15) is 0 Å². The number of hydrogen-bond acceptors (Lipinski definition) is 6. The second-order valence-electron chi connectivity index (χ2n) is 8.82. The van der Waals surface area contributed by atoms with E-state index in [0.717, 1.165) is 20.0 Å². The quantitative estimate of drug-likeness (QED) is 0.199. The first kappa shape index (κ1) is 27.3. The van der Waals surface area contributed by atoms with E-state index in [1.165, 1.54) is 6.08 Å². The van der Waals surface area contributed by atoms with Gasteiger partial charge in [-0.3, -0.25) is 9.59 Å². The number of ketones is 1. The average Bonchev–Trinajstić information content (AvgIpc) is 3.31. The first-order chi connectivity index (χ1) is 16.9. The van der Waals surface area contributed by atoms with E-state index >= 15 is 0 Å². The summed E-state index contributed by atoms with van der Waals surface area (Å²) in [6, 6.07) is 7.98. The van der Waals surface area contributed by atoms with Crippen molar-refractivity contribution in [3.05, 3.63) is 71.1 Å². The molecule has 4 atom stereocenters. The molecule has 1 aliphatic rings. The van der Waals surface area contributed by atoms with E-state index in [1.807, 2.05) is 36.4 Å². The molecule has 1 aliphatic carbocycles. The van der Waals surface area contributed by atoms with E-state index in [4.69, 9.17) is 16.3 Å². The Morgan fingerprint density at radius 2 is 2.11 bits per heavy atom. The van der Waals surface area contributed by atoms with Crippen molar-refractivity contribution in [1.82, 2.24) is 0 Å². The summed E-state index contributed by atoms with van der Waals surface area (Å²) < 4.78 is 6.07. The molecular formula is C28H33ClO5S. The van der Waals surface area contributed by atoms with Crippen LogP contribution in [0.5, 0.6) is 0 Å². The van der Waals surface area contributed by atoms with Crippen molar-refractivity contribution in [3.63, 3.8) is 0 Å². The Hall–Kier alpha value is -2.25. The first-order valence-electron chi connectivity index (χ1n) is 12.0. The number of halogens is 1. The molecule has 0 unspecified atom stereocenters. The van der Waals surface area contributed by atoms with Gasteiger partial charge in [0.15, 0.2) is 0 Å².